The molecule has 0 spiro atoms. The molecule has 2 atom stereocenters. The number of morpholine rings is 1. The zero-order chi connectivity index (χ0) is 17.8. The van der Waals surface area contributed by atoms with Gasteiger partial charge in [-0.1, -0.05) is 0 Å². The zero-order valence-corrected chi connectivity index (χ0v) is 15.6. The van der Waals surface area contributed by atoms with Gasteiger partial charge in [-0.2, -0.15) is 0 Å². The normalized spacial score (nSPS) is 29.9. The standard InChI is InChI=1S/C18H32N4O3/c1-14-10-20(11-15(2)25-14)12-16-3-6-21(7-4-16)18(24)13-22-8-5-19-9-17(22)23/h14-16,19H,3-13H2,1-2H3. The van der Waals surface area contributed by atoms with Crippen molar-refractivity contribution in [1.29, 1.82) is 0 Å². The summed E-state index contributed by atoms with van der Waals surface area (Å²) < 4.78 is 5.80. The molecule has 3 aliphatic rings. The molecule has 2 unspecified atom stereocenters. The summed E-state index contributed by atoms with van der Waals surface area (Å²) in [5.41, 5.74) is 0. The van der Waals surface area contributed by atoms with Gasteiger partial charge in [0.2, 0.25) is 11.8 Å². The fourth-order valence-corrected chi connectivity index (χ4v) is 4.24. The molecule has 3 fully saturated rings. The van der Waals surface area contributed by atoms with Crippen LogP contribution in [-0.2, 0) is 14.3 Å². The van der Waals surface area contributed by atoms with E-state index in [1.54, 1.807) is 4.90 Å². The molecule has 7 nitrogen and oxygen atoms in total. The van der Waals surface area contributed by atoms with Crippen molar-refractivity contribution in [2.45, 2.75) is 38.9 Å². The molecule has 0 radical (unpaired) electrons. The third-order valence-electron chi connectivity index (χ3n) is 5.49. The van der Waals surface area contributed by atoms with Crippen molar-refractivity contribution in [3.8, 4) is 0 Å². The number of likely N-dealkylation sites (tertiary alicyclic amines) is 1. The number of nitrogens with zero attached hydrogens (tertiary/aromatic N) is 3. The van der Waals surface area contributed by atoms with Crippen LogP contribution in [0.1, 0.15) is 26.7 Å². The molecular formula is C18H32N4O3. The molecule has 0 aromatic carbocycles. The van der Waals surface area contributed by atoms with Gasteiger partial charge >= 0.3 is 0 Å². The van der Waals surface area contributed by atoms with Gasteiger partial charge in [0.1, 0.15) is 0 Å². The summed E-state index contributed by atoms with van der Waals surface area (Å²) in [6.45, 7) is 11.0. The van der Waals surface area contributed by atoms with Crippen LogP contribution in [0.25, 0.3) is 0 Å². The van der Waals surface area contributed by atoms with E-state index in [0.29, 0.717) is 31.2 Å². The maximum Gasteiger partial charge on any atom is 0.242 e. The second-order valence-corrected chi connectivity index (χ2v) is 7.79. The lowest BCUT2D eigenvalue weighted by Gasteiger charge is -2.40. The van der Waals surface area contributed by atoms with E-state index in [1.165, 1.54) is 0 Å². The molecule has 3 rings (SSSR count). The van der Waals surface area contributed by atoms with Crippen LogP contribution in [0, 0.1) is 5.92 Å². The number of carbonyl (C=O) groups excluding carboxylic acids is 2. The predicted molar refractivity (Wildman–Crippen MR) is 95.2 cm³/mol. The summed E-state index contributed by atoms with van der Waals surface area (Å²) in [5, 5.41) is 3.04. The molecule has 3 saturated heterocycles. The Morgan fingerprint density at radius 2 is 1.84 bits per heavy atom. The highest BCUT2D eigenvalue weighted by Gasteiger charge is 2.29. The second kappa shape index (κ2) is 8.47. The van der Waals surface area contributed by atoms with Gasteiger partial charge < -0.3 is 19.9 Å². The molecule has 2 amide bonds. The van der Waals surface area contributed by atoms with Crippen molar-refractivity contribution in [1.82, 2.24) is 20.0 Å². The van der Waals surface area contributed by atoms with Gasteiger partial charge in [-0.15, -0.1) is 0 Å². The average Bonchev–Trinajstić information content (AvgIpc) is 2.56. The van der Waals surface area contributed by atoms with Gasteiger partial charge in [-0.25, -0.2) is 0 Å². The fourth-order valence-electron chi connectivity index (χ4n) is 4.24. The molecule has 7 heteroatoms. The van der Waals surface area contributed by atoms with E-state index < -0.39 is 0 Å². The molecule has 3 heterocycles. The lowest BCUT2D eigenvalue weighted by atomic mass is 9.95. The van der Waals surface area contributed by atoms with Gasteiger partial charge in [-0.3, -0.25) is 14.5 Å². The van der Waals surface area contributed by atoms with Gasteiger partial charge in [0.15, 0.2) is 0 Å². The molecule has 0 aliphatic carbocycles. The quantitative estimate of drug-likeness (QED) is 0.757. The first-order chi connectivity index (χ1) is 12.0. The minimum Gasteiger partial charge on any atom is -0.373 e. The lowest BCUT2D eigenvalue weighted by molar-refractivity contribution is -0.142. The highest BCUT2D eigenvalue weighted by molar-refractivity contribution is 5.86. The third kappa shape index (κ3) is 5.15. The molecular weight excluding hydrogens is 320 g/mol. The smallest absolute Gasteiger partial charge is 0.242 e. The first kappa shape index (κ1) is 18.6. The van der Waals surface area contributed by atoms with Crippen LogP contribution in [-0.4, -0.2) is 97.6 Å². The zero-order valence-electron chi connectivity index (χ0n) is 15.6. The van der Waals surface area contributed by atoms with Crippen LogP contribution in [0.2, 0.25) is 0 Å². The van der Waals surface area contributed by atoms with Crippen molar-refractivity contribution in [3.63, 3.8) is 0 Å². The van der Waals surface area contributed by atoms with Crippen molar-refractivity contribution >= 4 is 11.8 Å². The van der Waals surface area contributed by atoms with Crippen LogP contribution in [0.5, 0.6) is 0 Å². The van der Waals surface area contributed by atoms with E-state index in [2.05, 4.69) is 24.1 Å². The van der Waals surface area contributed by atoms with E-state index in [-0.39, 0.29) is 18.4 Å². The van der Waals surface area contributed by atoms with Gasteiger partial charge in [0.25, 0.3) is 0 Å². The largest absolute Gasteiger partial charge is 0.373 e. The van der Waals surface area contributed by atoms with Crippen molar-refractivity contribution in [2.24, 2.45) is 5.92 Å². The van der Waals surface area contributed by atoms with Crippen LogP contribution in [0.4, 0.5) is 0 Å². The monoisotopic (exact) mass is 352 g/mol. The summed E-state index contributed by atoms with van der Waals surface area (Å²) in [6, 6.07) is 0. The summed E-state index contributed by atoms with van der Waals surface area (Å²) in [7, 11) is 0. The Balaban J connectivity index is 1.40. The highest BCUT2D eigenvalue weighted by Crippen LogP contribution is 2.21. The second-order valence-electron chi connectivity index (χ2n) is 7.79. The predicted octanol–water partition coefficient (Wildman–Crippen LogP) is -0.234. The van der Waals surface area contributed by atoms with E-state index >= 15 is 0 Å². The Kier molecular flexibility index (Phi) is 6.30. The van der Waals surface area contributed by atoms with E-state index in [4.69, 9.17) is 4.74 Å². The Labute approximate surface area is 150 Å². The number of rotatable bonds is 4. The number of piperazine rings is 1. The maximum absolute atomic E-state index is 12.5. The van der Waals surface area contributed by atoms with E-state index in [1.807, 2.05) is 4.90 Å². The topological polar surface area (TPSA) is 65.1 Å². The molecule has 142 valence electrons. The molecule has 0 bridgehead atoms. The number of piperidine rings is 1. The molecule has 1 N–H and O–H groups in total. The van der Waals surface area contributed by atoms with Crippen molar-refractivity contribution in [3.05, 3.63) is 0 Å². The number of nitrogens with one attached hydrogen (secondary N) is 1. The average molecular weight is 352 g/mol. The fraction of sp³-hybridized carbons (Fsp3) is 0.889. The van der Waals surface area contributed by atoms with Crippen LogP contribution in [0.3, 0.4) is 0 Å². The SMILES string of the molecule is CC1CN(CC2CCN(C(=O)CN3CCNCC3=O)CC2)CC(C)O1. The maximum atomic E-state index is 12.5. The summed E-state index contributed by atoms with van der Waals surface area (Å²) >= 11 is 0. The van der Waals surface area contributed by atoms with Crippen LogP contribution < -0.4 is 5.32 Å². The lowest BCUT2D eigenvalue weighted by Crippen LogP contribution is -2.53. The molecule has 0 saturated carbocycles. The van der Waals surface area contributed by atoms with Gasteiger partial charge in [0.05, 0.1) is 25.3 Å². The van der Waals surface area contributed by atoms with E-state index in [9.17, 15) is 9.59 Å². The van der Waals surface area contributed by atoms with Gasteiger partial charge in [0, 0.05) is 45.8 Å². The Morgan fingerprint density at radius 3 is 2.48 bits per heavy atom. The van der Waals surface area contributed by atoms with Crippen LogP contribution in [0.15, 0.2) is 0 Å². The van der Waals surface area contributed by atoms with E-state index in [0.717, 1.165) is 52.1 Å². The molecule has 3 aliphatic heterocycles. The Hall–Kier alpha value is -1.18. The first-order valence-electron chi connectivity index (χ1n) is 9.65. The number of ether oxygens (including phenoxy) is 1. The first-order valence-corrected chi connectivity index (χ1v) is 9.65. The Morgan fingerprint density at radius 1 is 1.16 bits per heavy atom. The minimum atomic E-state index is 0.0324. The summed E-state index contributed by atoms with van der Waals surface area (Å²) in [6.07, 6.45) is 2.73. The number of carbonyl (C=O) groups is 2. The highest BCUT2D eigenvalue weighted by atomic mass is 16.5. The summed E-state index contributed by atoms with van der Waals surface area (Å²) in [5.74, 6) is 0.787. The number of hydrogen-bond acceptors (Lipinski definition) is 5. The molecule has 25 heavy (non-hydrogen) atoms. The van der Waals surface area contributed by atoms with Gasteiger partial charge in [-0.05, 0) is 32.6 Å². The summed E-state index contributed by atoms with van der Waals surface area (Å²) in [4.78, 5) is 30.4. The van der Waals surface area contributed by atoms with Crippen molar-refractivity contribution < 1.29 is 14.3 Å². The number of amides is 2. The van der Waals surface area contributed by atoms with Crippen molar-refractivity contribution in [2.75, 3.05) is 58.9 Å². The minimum absolute atomic E-state index is 0.0324. The number of hydrogen-bond donors (Lipinski definition) is 1. The van der Waals surface area contributed by atoms with Crippen LogP contribution >= 0.6 is 0 Å². The molecule has 0 aromatic rings. The Bertz CT molecular complexity index is 469. The molecule has 0 aromatic heterocycles. The third-order valence-corrected chi connectivity index (χ3v) is 5.49.